The van der Waals surface area contributed by atoms with Crippen molar-refractivity contribution in [1.82, 2.24) is 9.80 Å². The van der Waals surface area contributed by atoms with Crippen LogP contribution in [0.3, 0.4) is 0 Å². The number of rotatable bonds is 3. The van der Waals surface area contributed by atoms with Crippen molar-refractivity contribution in [2.75, 3.05) is 31.5 Å². The molecule has 2 aliphatic heterocycles. The highest BCUT2D eigenvalue weighted by atomic mass is 16.2. The van der Waals surface area contributed by atoms with Gasteiger partial charge in [0.2, 0.25) is 11.8 Å². The lowest BCUT2D eigenvalue weighted by molar-refractivity contribution is -0.131. The van der Waals surface area contributed by atoms with Crippen molar-refractivity contribution >= 4 is 23.4 Å². The Morgan fingerprint density at radius 2 is 1.81 bits per heavy atom. The summed E-state index contributed by atoms with van der Waals surface area (Å²) in [7, 11) is 0. The van der Waals surface area contributed by atoms with Crippen molar-refractivity contribution in [3.63, 3.8) is 0 Å². The van der Waals surface area contributed by atoms with Gasteiger partial charge in [0, 0.05) is 43.9 Å². The fraction of sp³-hybridized carbons (Fsp3) is 0.550. The Bertz CT molecular complexity index is 742. The van der Waals surface area contributed by atoms with Gasteiger partial charge in [0.05, 0.1) is 5.41 Å². The van der Waals surface area contributed by atoms with E-state index in [1.807, 2.05) is 42.7 Å². The average Bonchev–Trinajstić information content (AvgIpc) is 2.79. The minimum Gasteiger partial charge on any atom is -0.341 e. The van der Waals surface area contributed by atoms with E-state index < -0.39 is 5.41 Å². The van der Waals surface area contributed by atoms with Crippen LogP contribution < -0.4 is 5.32 Å². The predicted molar refractivity (Wildman–Crippen MR) is 100 cm³/mol. The highest BCUT2D eigenvalue weighted by Crippen LogP contribution is 2.37. The summed E-state index contributed by atoms with van der Waals surface area (Å²) in [6.07, 6.45) is 2.20. The van der Waals surface area contributed by atoms with Gasteiger partial charge >= 0.3 is 0 Å². The lowest BCUT2D eigenvalue weighted by Crippen LogP contribution is -2.37. The van der Waals surface area contributed by atoms with Crippen LogP contribution in [0.2, 0.25) is 0 Å². The van der Waals surface area contributed by atoms with E-state index in [4.69, 9.17) is 0 Å². The van der Waals surface area contributed by atoms with E-state index in [-0.39, 0.29) is 17.7 Å². The van der Waals surface area contributed by atoms with Crippen LogP contribution in [0, 0.1) is 0 Å². The van der Waals surface area contributed by atoms with E-state index in [2.05, 4.69) is 5.32 Å². The SMILES string of the molecule is CCCC(=O)N1CCCN(C(=O)c2ccc3c(c2)C(C)(C)C(=O)N3)CC1. The van der Waals surface area contributed by atoms with Gasteiger partial charge in [-0.15, -0.1) is 0 Å². The molecule has 0 spiro atoms. The van der Waals surface area contributed by atoms with Crippen LogP contribution in [0.25, 0.3) is 0 Å². The van der Waals surface area contributed by atoms with Crippen LogP contribution in [0.1, 0.15) is 56.0 Å². The third-order valence-corrected chi connectivity index (χ3v) is 5.36. The molecule has 1 saturated heterocycles. The average molecular weight is 357 g/mol. The zero-order valence-corrected chi connectivity index (χ0v) is 15.8. The first-order chi connectivity index (χ1) is 12.3. The molecule has 1 aromatic rings. The summed E-state index contributed by atoms with van der Waals surface area (Å²) in [4.78, 5) is 40.8. The van der Waals surface area contributed by atoms with Crippen molar-refractivity contribution in [3.05, 3.63) is 29.3 Å². The highest BCUT2D eigenvalue weighted by Gasteiger charge is 2.38. The molecule has 2 heterocycles. The summed E-state index contributed by atoms with van der Waals surface area (Å²) in [5.74, 6) is 0.0929. The number of hydrogen-bond acceptors (Lipinski definition) is 3. The molecule has 0 radical (unpaired) electrons. The maximum atomic E-state index is 13.0. The molecule has 0 atom stereocenters. The van der Waals surface area contributed by atoms with E-state index in [9.17, 15) is 14.4 Å². The molecule has 1 N–H and O–H groups in total. The van der Waals surface area contributed by atoms with Crippen LogP contribution in [0.5, 0.6) is 0 Å². The first kappa shape index (κ1) is 18.4. The molecule has 3 amide bonds. The zero-order valence-electron chi connectivity index (χ0n) is 15.8. The number of nitrogens with one attached hydrogen (secondary N) is 1. The van der Waals surface area contributed by atoms with Crippen molar-refractivity contribution in [2.45, 2.75) is 45.4 Å². The fourth-order valence-electron chi connectivity index (χ4n) is 3.63. The van der Waals surface area contributed by atoms with Gasteiger partial charge in [0.15, 0.2) is 0 Å². The fourth-order valence-corrected chi connectivity index (χ4v) is 3.63. The number of hydrogen-bond donors (Lipinski definition) is 1. The van der Waals surface area contributed by atoms with Crippen molar-refractivity contribution in [1.29, 1.82) is 0 Å². The predicted octanol–water partition coefficient (Wildman–Crippen LogP) is 2.39. The Morgan fingerprint density at radius 3 is 2.54 bits per heavy atom. The molecule has 0 aromatic heterocycles. The smallest absolute Gasteiger partial charge is 0.253 e. The molecule has 0 aliphatic carbocycles. The summed E-state index contributed by atoms with van der Waals surface area (Å²) in [5.41, 5.74) is 1.61. The van der Waals surface area contributed by atoms with Crippen LogP contribution in [0.4, 0.5) is 5.69 Å². The molecule has 140 valence electrons. The molecular formula is C20H27N3O3. The Morgan fingerprint density at radius 1 is 1.12 bits per heavy atom. The maximum absolute atomic E-state index is 13.0. The van der Waals surface area contributed by atoms with Crippen LogP contribution in [0.15, 0.2) is 18.2 Å². The van der Waals surface area contributed by atoms with Gasteiger partial charge in [0.1, 0.15) is 0 Å². The lowest BCUT2D eigenvalue weighted by Gasteiger charge is -2.23. The van der Waals surface area contributed by atoms with Gasteiger partial charge in [-0.3, -0.25) is 14.4 Å². The molecule has 1 aromatic carbocycles. The molecule has 6 nitrogen and oxygen atoms in total. The van der Waals surface area contributed by atoms with E-state index in [1.165, 1.54) is 0 Å². The molecule has 3 rings (SSSR count). The molecule has 2 aliphatic rings. The zero-order chi connectivity index (χ0) is 18.9. The van der Waals surface area contributed by atoms with Crippen LogP contribution >= 0.6 is 0 Å². The topological polar surface area (TPSA) is 69.7 Å². The third kappa shape index (κ3) is 3.32. The minimum absolute atomic E-state index is 0.0345. The third-order valence-electron chi connectivity index (χ3n) is 5.36. The van der Waals surface area contributed by atoms with E-state index in [0.717, 1.165) is 24.1 Å². The maximum Gasteiger partial charge on any atom is 0.253 e. The van der Waals surface area contributed by atoms with E-state index in [1.54, 1.807) is 6.07 Å². The highest BCUT2D eigenvalue weighted by molar-refractivity contribution is 6.07. The molecule has 26 heavy (non-hydrogen) atoms. The summed E-state index contributed by atoms with van der Waals surface area (Å²) in [6.45, 7) is 8.22. The second kappa shape index (κ2) is 7.09. The van der Waals surface area contributed by atoms with Gasteiger partial charge in [-0.05, 0) is 50.5 Å². The largest absolute Gasteiger partial charge is 0.341 e. The molecule has 0 saturated carbocycles. The molecular weight excluding hydrogens is 330 g/mol. The standard InChI is InChI=1S/C20H27N3O3/c1-4-6-17(24)22-9-5-10-23(12-11-22)18(25)14-7-8-16-15(13-14)20(2,3)19(26)21-16/h7-8,13H,4-6,9-12H2,1-3H3,(H,21,26). The summed E-state index contributed by atoms with van der Waals surface area (Å²) in [6, 6.07) is 5.42. The van der Waals surface area contributed by atoms with Crippen molar-refractivity contribution in [2.24, 2.45) is 0 Å². The van der Waals surface area contributed by atoms with Crippen molar-refractivity contribution in [3.8, 4) is 0 Å². The Kier molecular flexibility index (Phi) is 5.03. The number of anilines is 1. The summed E-state index contributed by atoms with van der Waals surface area (Å²) in [5, 5.41) is 2.87. The number of nitrogens with zero attached hydrogens (tertiary/aromatic N) is 2. The second-order valence-electron chi connectivity index (χ2n) is 7.62. The normalized spacial score (nSPS) is 19.0. The first-order valence-corrected chi connectivity index (χ1v) is 9.37. The van der Waals surface area contributed by atoms with Crippen LogP contribution in [-0.4, -0.2) is 53.7 Å². The Hall–Kier alpha value is -2.37. The molecule has 6 heteroatoms. The summed E-state index contributed by atoms with van der Waals surface area (Å²) < 4.78 is 0. The Balaban J connectivity index is 1.74. The first-order valence-electron chi connectivity index (χ1n) is 9.37. The van der Waals surface area contributed by atoms with Crippen molar-refractivity contribution < 1.29 is 14.4 Å². The van der Waals surface area contributed by atoms with Gasteiger partial charge in [-0.2, -0.15) is 0 Å². The van der Waals surface area contributed by atoms with Gasteiger partial charge in [-0.1, -0.05) is 6.92 Å². The van der Waals surface area contributed by atoms with Gasteiger partial charge in [0.25, 0.3) is 5.91 Å². The number of carbonyl (C=O) groups excluding carboxylic acids is 3. The quantitative estimate of drug-likeness (QED) is 0.903. The lowest BCUT2D eigenvalue weighted by atomic mass is 9.85. The summed E-state index contributed by atoms with van der Waals surface area (Å²) >= 11 is 0. The number of carbonyl (C=O) groups is 3. The monoisotopic (exact) mass is 357 g/mol. The van der Waals surface area contributed by atoms with Gasteiger partial charge in [-0.25, -0.2) is 0 Å². The molecule has 1 fully saturated rings. The second-order valence-corrected chi connectivity index (χ2v) is 7.62. The molecule has 0 unspecified atom stereocenters. The number of benzene rings is 1. The van der Waals surface area contributed by atoms with E-state index >= 15 is 0 Å². The molecule has 0 bridgehead atoms. The number of fused-ring (bicyclic) bond motifs is 1. The van der Waals surface area contributed by atoms with E-state index in [0.29, 0.717) is 38.2 Å². The Labute approximate surface area is 154 Å². The minimum atomic E-state index is -0.631. The van der Waals surface area contributed by atoms with Gasteiger partial charge < -0.3 is 15.1 Å². The number of amides is 3. The van der Waals surface area contributed by atoms with Crippen LogP contribution in [-0.2, 0) is 15.0 Å².